The SMILES string of the molecule is O=C(CN1CCN(Cc2ccccc2)CC1)N1N=C(c2cccc(F)c2)CC1c1ccc2c(c1)OCO2. The first-order chi connectivity index (χ1) is 18.1. The third-order valence-electron chi connectivity index (χ3n) is 7.18. The second kappa shape index (κ2) is 10.3. The lowest BCUT2D eigenvalue weighted by Gasteiger charge is -2.35. The number of fused-ring (bicyclic) bond motifs is 1. The number of hydrogen-bond donors (Lipinski definition) is 0. The maximum absolute atomic E-state index is 13.9. The zero-order valence-corrected chi connectivity index (χ0v) is 20.6. The minimum absolute atomic E-state index is 0.0643. The molecule has 0 bridgehead atoms. The second-order valence-corrected chi connectivity index (χ2v) is 9.67. The van der Waals surface area contributed by atoms with Gasteiger partial charge in [-0.3, -0.25) is 14.6 Å². The minimum Gasteiger partial charge on any atom is -0.454 e. The van der Waals surface area contributed by atoms with E-state index >= 15 is 0 Å². The summed E-state index contributed by atoms with van der Waals surface area (Å²) < 4.78 is 25.0. The number of carbonyl (C=O) groups is 1. The fourth-order valence-corrected chi connectivity index (χ4v) is 5.17. The van der Waals surface area contributed by atoms with Gasteiger partial charge in [-0.2, -0.15) is 5.10 Å². The summed E-state index contributed by atoms with van der Waals surface area (Å²) in [6.45, 7) is 4.86. The molecule has 190 valence electrons. The first kappa shape index (κ1) is 23.6. The molecule has 37 heavy (non-hydrogen) atoms. The van der Waals surface area contributed by atoms with Gasteiger partial charge in [0.05, 0.1) is 18.3 Å². The van der Waals surface area contributed by atoms with Crippen molar-refractivity contribution in [3.63, 3.8) is 0 Å². The van der Waals surface area contributed by atoms with E-state index in [0.29, 0.717) is 35.7 Å². The number of halogens is 1. The second-order valence-electron chi connectivity index (χ2n) is 9.67. The number of nitrogens with zero attached hydrogens (tertiary/aromatic N) is 4. The van der Waals surface area contributed by atoms with Crippen LogP contribution in [-0.4, -0.2) is 65.9 Å². The predicted octanol–water partition coefficient (Wildman–Crippen LogP) is 4.05. The molecular formula is C29H29FN4O3. The summed E-state index contributed by atoms with van der Waals surface area (Å²) in [4.78, 5) is 18.2. The lowest BCUT2D eigenvalue weighted by Crippen LogP contribution is -2.49. The van der Waals surface area contributed by atoms with Gasteiger partial charge in [-0.1, -0.05) is 48.5 Å². The van der Waals surface area contributed by atoms with Crippen LogP contribution in [0.3, 0.4) is 0 Å². The van der Waals surface area contributed by atoms with Crippen LogP contribution in [0, 0.1) is 5.82 Å². The molecule has 8 heteroatoms. The Morgan fingerprint density at radius 2 is 1.68 bits per heavy atom. The highest BCUT2D eigenvalue weighted by Gasteiger charge is 2.35. The van der Waals surface area contributed by atoms with E-state index in [1.165, 1.54) is 17.7 Å². The van der Waals surface area contributed by atoms with Crippen molar-refractivity contribution in [2.75, 3.05) is 39.5 Å². The van der Waals surface area contributed by atoms with Gasteiger partial charge in [0.15, 0.2) is 11.5 Å². The van der Waals surface area contributed by atoms with Gasteiger partial charge in [0.2, 0.25) is 6.79 Å². The third kappa shape index (κ3) is 5.21. The average Bonchev–Trinajstić information content (AvgIpc) is 3.58. The smallest absolute Gasteiger partial charge is 0.257 e. The number of benzene rings is 3. The highest BCUT2D eigenvalue weighted by molar-refractivity contribution is 6.03. The van der Waals surface area contributed by atoms with Crippen LogP contribution in [0.25, 0.3) is 0 Å². The van der Waals surface area contributed by atoms with Crippen molar-refractivity contribution in [2.24, 2.45) is 5.10 Å². The molecule has 1 fully saturated rings. The Labute approximate surface area is 215 Å². The molecule has 0 aromatic heterocycles. The molecule has 0 N–H and O–H groups in total. The monoisotopic (exact) mass is 500 g/mol. The molecule has 3 aromatic carbocycles. The lowest BCUT2D eigenvalue weighted by molar-refractivity contribution is -0.134. The number of piperazine rings is 1. The summed E-state index contributed by atoms with van der Waals surface area (Å²) in [6.07, 6.45) is 0.500. The van der Waals surface area contributed by atoms with Gasteiger partial charge in [0.25, 0.3) is 5.91 Å². The van der Waals surface area contributed by atoms with Crippen molar-refractivity contribution in [3.8, 4) is 11.5 Å². The van der Waals surface area contributed by atoms with Gasteiger partial charge in [-0.15, -0.1) is 0 Å². The fraction of sp³-hybridized carbons (Fsp3) is 0.310. The van der Waals surface area contributed by atoms with E-state index in [0.717, 1.165) is 38.3 Å². The molecule has 3 heterocycles. The summed E-state index contributed by atoms with van der Waals surface area (Å²) in [6, 6.07) is 22.3. The molecule has 0 aliphatic carbocycles. The van der Waals surface area contributed by atoms with Crippen molar-refractivity contribution in [3.05, 3.63) is 95.3 Å². The van der Waals surface area contributed by atoms with Gasteiger partial charge in [0.1, 0.15) is 5.82 Å². The zero-order chi connectivity index (χ0) is 25.2. The molecular weight excluding hydrogens is 471 g/mol. The van der Waals surface area contributed by atoms with E-state index < -0.39 is 0 Å². The highest BCUT2D eigenvalue weighted by Crippen LogP contribution is 2.39. The van der Waals surface area contributed by atoms with Crippen LogP contribution in [0.1, 0.15) is 29.2 Å². The predicted molar refractivity (Wildman–Crippen MR) is 138 cm³/mol. The van der Waals surface area contributed by atoms with Crippen LogP contribution in [0.5, 0.6) is 11.5 Å². The van der Waals surface area contributed by atoms with Gasteiger partial charge in [-0.25, -0.2) is 9.40 Å². The van der Waals surface area contributed by atoms with Crippen molar-refractivity contribution < 1.29 is 18.7 Å². The molecule has 0 spiro atoms. The molecule has 1 unspecified atom stereocenters. The van der Waals surface area contributed by atoms with Crippen LogP contribution in [-0.2, 0) is 11.3 Å². The first-order valence-corrected chi connectivity index (χ1v) is 12.7. The normalized spacial score (nSPS) is 19.8. The van der Waals surface area contributed by atoms with Crippen molar-refractivity contribution >= 4 is 11.6 Å². The number of hydrazone groups is 1. The molecule has 1 saturated heterocycles. The summed E-state index contributed by atoms with van der Waals surface area (Å²) in [7, 11) is 0. The molecule has 0 radical (unpaired) electrons. The topological polar surface area (TPSA) is 57.6 Å². The number of rotatable bonds is 6. The lowest BCUT2D eigenvalue weighted by atomic mass is 9.98. The largest absolute Gasteiger partial charge is 0.454 e. The maximum Gasteiger partial charge on any atom is 0.257 e. The van der Waals surface area contributed by atoms with Gasteiger partial charge in [-0.05, 0) is 35.4 Å². The number of carbonyl (C=O) groups excluding carboxylic acids is 1. The number of amides is 1. The zero-order valence-electron chi connectivity index (χ0n) is 20.6. The van der Waals surface area contributed by atoms with Crippen LogP contribution in [0.4, 0.5) is 4.39 Å². The summed E-state index contributed by atoms with van der Waals surface area (Å²) in [5.74, 6) is 0.974. The molecule has 3 aromatic rings. The molecule has 6 rings (SSSR count). The maximum atomic E-state index is 13.9. The van der Waals surface area contributed by atoms with Crippen molar-refractivity contribution in [1.29, 1.82) is 0 Å². The Bertz CT molecular complexity index is 1310. The Hall–Kier alpha value is -3.75. The van der Waals surface area contributed by atoms with Crippen LogP contribution >= 0.6 is 0 Å². The third-order valence-corrected chi connectivity index (χ3v) is 7.18. The van der Waals surface area contributed by atoms with E-state index in [1.807, 2.05) is 30.3 Å². The summed E-state index contributed by atoms with van der Waals surface area (Å²) >= 11 is 0. The summed E-state index contributed by atoms with van der Waals surface area (Å²) in [5.41, 5.74) is 3.61. The van der Waals surface area contributed by atoms with Crippen LogP contribution < -0.4 is 9.47 Å². The van der Waals surface area contributed by atoms with Crippen LogP contribution in [0.2, 0.25) is 0 Å². The van der Waals surface area contributed by atoms with E-state index in [9.17, 15) is 9.18 Å². The van der Waals surface area contributed by atoms with E-state index in [-0.39, 0.29) is 24.6 Å². The van der Waals surface area contributed by atoms with Crippen molar-refractivity contribution in [1.82, 2.24) is 14.8 Å². The molecule has 7 nitrogen and oxygen atoms in total. The Balaban J connectivity index is 1.16. The standard InChI is InChI=1S/C29H29FN4O3/c30-24-8-4-7-22(15-24)25-17-26(23-9-10-27-28(16-23)37-20-36-27)34(31-25)29(35)19-33-13-11-32(12-14-33)18-21-5-2-1-3-6-21/h1-10,15-16,26H,11-14,17-20H2. The molecule has 1 amide bonds. The Morgan fingerprint density at radius 1 is 0.892 bits per heavy atom. The molecule has 3 aliphatic rings. The van der Waals surface area contributed by atoms with E-state index in [1.54, 1.807) is 11.1 Å². The molecule has 1 atom stereocenters. The summed E-state index contributed by atoms with van der Waals surface area (Å²) in [5, 5.41) is 6.29. The van der Waals surface area contributed by atoms with Crippen molar-refractivity contribution in [2.45, 2.75) is 19.0 Å². The fourth-order valence-electron chi connectivity index (χ4n) is 5.17. The number of ether oxygens (including phenoxy) is 2. The van der Waals surface area contributed by atoms with Crippen LogP contribution in [0.15, 0.2) is 77.9 Å². The van der Waals surface area contributed by atoms with Gasteiger partial charge < -0.3 is 9.47 Å². The van der Waals surface area contributed by atoms with E-state index in [2.05, 4.69) is 34.1 Å². The number of hydrogen-bond acceptors (Lipinski definition) is 6. The quantitative estimate of drug-likeness (QED) is 0.511. The average molecular weight is 501 g/mol. The van der Waals surface area contributed by atoms with Gasteiger partial charge >= 0.3 is 0 Å². The first-order valence-electron chi connectivity index (χ1n) is 12.7. The van der Waals surface area contributed by atoms with E-state index in [4.69, 9.17) is 14.6 Å². The Morgan fingerprint density at radius 3 is 2.49 bits per heavy atom. The molecule has 3 aliphatic heterocycles. The minimum atomic E-state index is -0.321. The molecule has 0 saturated carbocycles. The highest BCUT2D eigenvalue weighted by atomic mass is 19.1. The van der Waals surface area contributed by atoms with Gasteiger partial charge in [0, 0.05) is 44.7 Å². The Kier molecular flexibility index (Phi) is 6.59.